The molecule has 0 spiro atoms. The van der Waals surface area contributed by atoms with Crippen LogP contribution >= 0.6 is 0 Å². The largest absolute Gasteiger partial charge is 0.365 e. The van der Waals surface area contributed by atoms with Crippen molar-refractivity contribution in [2.75, 3.05) is 6.54 Å². The SMILES string of the molecule is NC(=O)NCc1ccc(CNC(=O)[C@@H](CCCNC(N)=N[N+](=O)[O-])NC(=O)Cc2c[nH]c3ccccc23)cc1. The molecule has 2 aromatic carbocycles. The maximum absolute atomic E-state index is 13.0. The van der Waals surface area contributed by atoms with Crippen LogP contribution in [0.25, 0.3) is 10.9 Å². The first-order valence-corrected chi connectivity index (χ1v) is 12.2. The van der Waals surface area contributed by atoms with Crippen LogP contribution in [0.5, 0.6) is 0 Å². The van der Waals surface area contributed by atoms with Gasteiger partial charge in [0.05, 0.1) is 6.42 Å². The van der Waals surface area contributed by atoms with E-state index in [-0.39, 0.29) is 50.2 Å². The van der Waals surface area contributed by atoms with Crippen LogP contribution < -0.4 is 32.7 Å². The Morgan fingerprint density at radius 2 is 1.64 bits per heavy atom. The molecule has 3 rings (SSSR count). The third kappa shape index (κ3) is 9.35. The normalized spacial score (nSPS) is 11.9. The number of para-hydroxylation sites is 1. The van der Waals surface area contributed by atoms with E-state index in [4.69, 9.17) is 11.5 Å². The van der Waals surface area contributed by atoms with Gasteiger partial charge in [-0.25, -0.2) is 14.9 Å². The Morgan fingerprint density at radius 3 is 2.31 bits per heavy atom. The summed E-state index contributed by atoms with van der Waals surface area (Å²) in [4.78, 5) is 50.3. The maximum Gasteiger partial charge on any atom is 0.312 e. The van der Waals surface area contributed by atoms with Crippen LogP contribution in [0.2, 0.25) is 0 Å². The predicted molar refractivity (Wildman–Crippen MR) is 144 cm³/mol. The number of aromatic amines is 1. The van der Waals surface area contributed by atoms with Crippen LogP contribution in [-0.2, 0) is 29.1 Å². The minimum Gasteiger partial charge on any atom is -0.365 e. The number of carbonyl (C=O) groups is 3. The smallest absolute Gasteiger partial charge is 0.312 e. The van der Waals surface area contributed by atoms with E-state index in [1.54, 1.807) is 18.3 Å². The fraction of sp³-hybridized carbons (Fsp3) is 0.280. The molecular weight excluding hydrogens is 506 g/mol. The number of guanidine groups is 1. The second-order valence-electron chi connectivity index (χ2n) is 8.70. The van der Waals surface area contributed by atoms with E-state index in [0.717, 1.165) is 27.6 Å². The number of nitrogens with two attached hydrogens (primary N) is 2. The Balaban J connectivity index is 1.59. The van der Waals surface area contributed by atoms with Gasteiger partial charge in [-0.2, -0.15) is 0 Å². The highest BCUT2D eigenvalue weighted by Crippen LogP contribution is 2.18. The molecule has 0 unspecified atom stereocenters. The lowest BCUT2D eigenvalue weighted by molar-refractivity contribution is -0.485. The molecule has 0 aliphatic heterocycles. The number of nitrogens with zero attached hydrogens (tertiary/aromatic N) is 2. The number of nitrogens with one attached hydrogen (secondary N) is 5. The number of H-pyrrole nitrogens is 1. The van der Waals surface area contributed by atoms with Gasteiger partial charge >= 0.3 is 6.03 Å². The highest BCUT2D eigenvalue weighted by molar-refractivity contribution is 5.91. The van der Waals surface area contributed by atoms with E-state index >= 15 is 0 Å². The third-order valence-corrected chi connectivity index (χ3v) is 5.80. The fourth-order valence-corrected chi connectivity index (χ4v) is 3.89. The van der Waals surface area contributed by atoms with Gasteiger partial charge in [-0.1, -0.05) is 42.5 Å². The van der Waals surface area contributed by atoms with Crippen molar-refractivity contribution in [2.24, 2.45) is 16.6 Å². The summed E-state index contributed by atoms with van der Waals surface area (Å²) >= 11 is 0. The van der Waals surface area contributed by atoms with E-state index < -0.39 is 17.1 Å². The van der Waals surface area contributed by atoms with Crippen molar-refractivity contribution in [3.63, 3.8) is 0 Å². The molecule has 1 atom stereocenters. The van der Waals surface area contributed by atoms with Gasteiger partial charge in [-0.15, -0.1) is 0 Å². The van der Waals surface area contributed by atoms with Gasteiger partial charge in [0.1, 0.15) is 11.1 Å². The lowest BCUT2D eigenvalue weighted by Crippen LogP contribution is -2.47. The molecular formula is C25H31N9O5. The maximum atomic E-state index is 13.0. The predicted octanol–water partition coefficient (Wildman–Crippen LogP) is 0.556. The zero-order valence-electron chi connectivity index (χ0n) is 21.1. The summed E-state index contributed by atoms with van der Waals surface area (Å²) in [6.45, 7) is 0.724. The number of benzene rings is 2. The zero-order chi connectivity index (χ0) is 28.2. The van der Waals surface area contributed by atoms with Crippen molar-refractivity contribution in [1.29, 1.82) is 0 Å². The van der Waals surface area contributed by atoms with Crippen LogP contribution in [0.3, 0.4) is 0 Å². The summed E-state index contributed by atoms with van der Waals surface area (Å²) in [6, 6.07) is 13.4. The number of nitro groups is 1. The highest BCUT2D eigenvalue weighted by Gasteiger charge is 2.21. The Labute approximate surface area is 223 Å². The van der Waals surface area contributed by atoms with Gasteiger partial charge < -0.3 is 37.7 Å². The molecule has 9 N–H and O–H groups in total. The first-order valence-electron chi connectivity index (χ1n) is 12.2. The number of primary amides is 1. The number of hydrogen-bond donors (Lipinski definition) is 7. The molecule has 39 heavy (non-hydrogen) atoms. The molecule has 0 fully saturated rings. The molecule has 0 saturated carbocycles. The van der Waals surface area contributed by atoms with Gasteiger partial charge in [-0.3, -0.25) is 9.59 Å². The topological polar surface area (TPSA) is 223 Å². The number of amides is 4. The van der Waals surface area contributed by atoms with Gasteiger partial charge in [0.25, 0.3) is 5.96 Å². The van der Waals surface area contributed by atoms with Crippen LogP contribution in [0.15, 0.2) is 59.8 Å². The molecule has 0 aliphatic rings. The number of urea groups is 1. The van der Waals surface area contributed by atoms with Crippen molar-refractivity contribution < 1.29 is 19.4 Å². The van der Waals surface area contributed by atoms with Crippen molar-refractivity contribution in [3.8, 4) is 0 Å². The van der Waals surface area contributed by atoms with Gasteiger partial charge in [0.15, 0.2) is 5.03 Å². The molecule has 3 aromatic rings. The van der Waals surface area contributed by atoms with Gasteiger partial charge in [0, 0.05) is 36.7 Å². The highest BCUT2D eigenvalue weighted by atomic mass is 16.7. The molecule has 0 aliphatic carbocycles. The molecule has 0 saturated heterocycles. The molecule has 4 amide bonds. The van der Waals surface area contributed by atoms with Crippen LogP contribution in [-0.4, -0.2) is 46.4 Å². The molecule has 1 heterocycles. The quantitative estimate of drug-likeness (QED) is 0.0538. The Morgan fingerprint density at radius 1 is 0.974 bits per heavy atom. The standard InChI is InChI=1S/C25H31N9O5/c26-24(33-34(38)39)28-11-3-6-21(32-22(35)12-18-15-29-20-5-2-1-4-19(18)20)23(36)30-13-16-7-9-17(10-8-16)14-31-25(27)37/h1-2,4-5,7-10,15,21,29H,3,6,11-14H2,(H,30,36)(H,32,35)(H3,26,28,33)(H3,27,31,37)/t21-/m1/s1. The van der Waals surface area contributed by atoms with E-state index in [9.17, 15) is 24.5 Å². The fourth-order valence-electron chi connectivity index (χ4n) is 3.89. The summed E-state index contributed by atoms with van der Waals surface area (Å²) < 4.78 is 0. The average molecular weight is 538 g/mol. The summed E-state index contributed by atoms with van der Waals surface area (Å²) in [5.74, 6) is -1.05. The summed E-state index contributed by atoms with van der Waals surface area (Å²) in [7, 11) is 0. The second-order valence-corrected chi connectivity index (χ2v) is 8.70. The van der Waals surface area contributed by atoms with Gasteiger partial charge in [0.2, 0.25) is 11.8 Å². The van der Waals surface area contributed by atoms with Crippen molar-refractivity contribution in [1.82, 2.24) is 26.3 Å². The van der Waals surface area contributed by atoms with E-state index in [0.29, 0.717) is 6.42 Å². The molecule has 14 heteroatoms. The average Bonchev–Trinajstić information content (AvgIpc) is 3.30. The number of carbonyl (C=O) groups excluding carboxylic acids is 3. The Hall–Kier alpha value is -5.14. The van der Waals surface area contributed by atoms with E-state index in [1.165, 1.54) is 0 Å². The Bertz CT molecular complexity index is 1340. The van der Waals surface area contributed by atoms with Crippen LogP contribution in [0.1, 0.15) is 29.5 Å². The number of fused-ring (bicyclic) bond motifs is 1. The number of hydrazone groups is 1. The Kier molecular flexibility index (Phi) is 10.2. The number of hydrogen-bond acceptors (Lipinski definition) is 5. The number of rotatable bonds is 13. The van der Waals surface area contributed by atoms with Gasteiger partial charge in [-0.05, 0) is 35.6 Å². The molecule has 0 radical (unpaired) electrons. The zero-order valence-corrected chi connectivity index (χ0v) is 21.1. The van der Waals surface area contributed by atoms with Crippen molar-refractivity contribution >= 4 is 34.7 Å². The third-order valence-electron chi connectivity index (χ3n) is 5.80. The van der Waals surface area contributed by atoms with E-state index in [2.05, 4.69) is 31.4 Å². The molecule has 1 aromatic heterocycles. The monoisotopic (exact) mass is 537 g/mol. The first kappa shape index (κ1) is 28.4. The lowest BCUT2D eigenvalue weighted by Gasteiger charge is -2.19. The van der Waals surface area contributed by atoms with Crippen molar-refractivity contribution in [2.45, 2.75) is 38.4 Å². The molecule has 206 valence electrons. The summed E-state index contributed by atoms with van der Waals surface area (Å²) in [6.07, 6.45) is 2.47. The second kappa shape index (κ2) is 14.0. The van der Waals surface area contributed by atoms with Crippen LogP contribution in [0.4, 0.5) is 4.79 Å². The first-order chi connectivity index (χ1) is 18.7. The molecule has 14 nitrogen and oxygen atoms in total. The van der Waals surface area contributed by atoms with E-state index in [1.807, 2.05) is 36.4 Å². The lowest BCUT2D eigenvalue weighted by atomic mass is 10.1. The minimum absolute atomic E-state index is 0.0787. The van der Waals surface area contributed by atoms with Crippen molar-refractivity contribution in [3.05, 3.63) is 81.5 Å². The van der Waals surface area contributed by atoms with Crippen LogP contribution in [0, 0.1) is 10.1 Å². The minimum atomic E-state index is -0.912. The summed E-state index contributed by atoms with van der Waals surface area (Å²) in [5, 5.41) is 24.1. The number of aromatic nitrogens is 1. The molecule has 0 bridgehead atoms. The summed E-state index contributed by atoms with van der Waals surface area (Å²) in [5.41, 5.74) is 13.9.